The maximum atomic E-state index is 12.7. The molecule has 0 aromatic rings. The van der Waals surface area contributed by atoms with Gasteiger partial charge in [-0.05, 0) is 83.3 Å². The van der Waals surface area contributed by atoms with Crippen molar-refractivity contribution in [2.24, 2.45) is 17.8 Å². The maximum Gasteiger partial charge on any atom is 0.222 e. The van der Waals surface area contributed by atoms with Crippen LogP contribution in [-0.4, -0.2) is 73.7 Å². The molecule has 1 amide bonds. The molecule has 4 atom stereocenters. The quantitative estimate of drug-likeness (QED) is 0.669. The predicted molar refractivity (Wildman–Crippen MR) is 124 cm³/mol. The third kappa shape index (κ3) is 8.53. The molecule has 0 radical (unpaired) electrons. The smallest absolute Gasteiger partial charge is 0.222 e. The van der Waals surface area contributed by atoms with E-state index in [4.69, 9.17) is 4.74 Å². The van der Waals surface area contributed by atoms with E-state index in [9.17, 15) is 4.79 Å². The van der Waals surface area contributed by atoms with Crippen LogP contribution in [0.25, 0.3) is 0 Å². The Morgan fingerprint density at radius 3 is 2.34 bits per heavy atom. The lowest BCUT2D eigenvalue weighted by molar-refractivity contribution is -0.134. The van der Waals surface area contributed by atoms with Gasteiger partial charge >= 0.3 is 0 Å². The van der Waals surface area contributed by atoms with Crippen molar-refractivity contribution >= 4 is 30.7 Å². The lowest BCUT2D eigenvalue weighted by Gasteiger charge is -2.37. The average Bonchev–Trinajstić information content (AvgIpc) is 2.66. The third-order valence-electron chi connectivity index (χ3n) is 6.95. The molecule has 3 aliphatic heterocycles. The van der Waals surface area contributed by atoms with Gasteiger partial charge in [0.25, 0.3) is 0 Å². The van der Waals surface area contributed by atoms with Crippen LogP contribution in [0.1, 0.15) is 59.3 Å². The van der Waals surface area contributed by atoms with Gasteiger partial charge in [-0.25, -0.2) is 0 Å². The van der Waals surface area contributed by atoms with Crippen LogP contribution in [0.5, 0.6) is 0 Å². The summed E-state index contributed by atoms with van der Waals surface area (Å²) in [6.45, 7) is 14.1. The second kappa shape index (κ2) is 13.4. The van der Waals surface area contributed by atoms with E-state index in [0.29, 0.717) is 30.0 Å². The number of hydrogen-bond acceptors (Lipinski definition) is 4. The second-order valence-electron chi connectivity index (χ2n) is 9.42. The zero-order valence-electron chi connectivity index (χ0n) is 18.6. The fourth-order valence-corrected chi connectivity index (χ4v) is 5.24. The first-order chi connectivity index (χ1) is 13.0. The summed E-state index contributed by atoms with van der Waals surface area (Å²) in [6, 6.07) is 0. The van der Waals surface area contributed by atoms with Gasteiger partial charge in [-0.15, -0.1) is 24.8 Å². The first kappa shape index (κ1) is 27.0. The second-order valence-corrected chi connectivity index (χ2v) is 9.42. The summed E-state index contributed by atoms with van der Waals surface area (Å²) in [5.41, 5.74) is 0. The Bertz CT molecular complexity index is 459. The zero-order chi connectivity index (χ0) is 19.2. The Kier molecular flexibility index (Phi) is 12.4. The number of carbonyl (C=O) groups is 1. The van der Waals surface area contributed by atoms with Crippen molar-refractivity contribution in [3.63, 3.8) is 0 Å². The number of ether oxygens (including phenoxy) is 1. The average molecular weight is 453 g/mol. The monoisotopic (exact) mass is 451 g/mol. The summed E-state index contributed by atoms with van der Waals surface area (Å²) in [5.74, 6) is 2.36. The van der Waals surface area contributed by atoms with Gasteiger partial charge in [-0.3, -0.25) is 9.69 Å². The van der Waals surface area contributed by atoms with Crippen LogP contribution in [0.3, 0.4) is 0 Å². The minimum absolute atomic E-state index is 0. The highest BCUT2D eigenvalue weighted by atomic mass is 35.5. The maximum absolute atomic E-state index is 12.7. The highest BCUT2D eigenvalue weighted by Gasteiger charge is 2.28. The van der Waals surface area contributed by atoms with Gasteiger partial charge in [0.2, 0.25) is 5.91 Å². The highest BCUT2D eigenvalue weighted by molar-refractivity contribution is 5.85. The molecule has 172 valence electrons. The van der Waals surface area contributed by atoms with E-state index >= 15 is 0 Å². The molecule has 29 heavy (non-hydrogen) atoms. The van der Waals surface area contributed by atoms with Crippen LogP contribution in [0, 0.1) is 17.8 Å². The van der Waals surface area contributed by atoms with E-state index in [2.05, 4.69) is 35.9 Å². The zero-order valence-corrected chi connectivity index (χ0v) is 20.2. The summed E-state index contributed by atoms with van der Waals surface area (Å²) in [6.07, 6.45) is 7.62. The van der Waals surface area contributed by atoms with Crippen molar-refractivity contribution in [1.82, 2.24) is 15.1 Å². The SMILES string of the molecule is CC1CN(CCC2CCN(C(=O)CC(C)C3CCCNC3)CC2)CC(C)O1.Cl.Cl. The minimum Gasteiger partial charge on any atom is -0.373 e. The molecule has 3 saturated heterocycles. The lowest BCUT2D eigenvalue weighted by atomic mass is 9.85. The van der Waals surface area contributed by atoms with E-state index < -0.39 is 0 Å². The number of carbonyl (C=O) groups excluding carboxylic acids is 1. The molecule has 1 N–H and O–H groups in total. The summed E-state index contributed by atoms with van der Waals surface area (Å²) < 4.78 is 5.83. The van der Waals surface area contributed by atoms with E-state index in [0.717, 1.165) is 51.6 Å². The molecule has 3 aliphatic rings. The van der Waals surface area contributed by atoms with Crippen LogP contribution in [-0.2, 0) is 9.53 Å². The largest absolute Gasteiger partial charge is 0.373 e. The molecule has 4 unspecified atom stereocenters. The van der Waals surface area contributed by atoms with Gasteiger partial charge in [0.1, 0.15) is 0 Å². The van der Waals surface area contributed by atoms with E-state index in [1.165, 1.54) is 38.6 Å². The van der Waals surface area contributed by atoms with Gasteiger partial charge in [0, 0.05) is 32.6 Å². The molecule has 0 aromatic carbocycles. The fourth-order valence-electron chi connectivity index (χ4n) is 5.24. The number of nitrogens with one attached hydrogen (secondary N) is 1. The van der Waals surface area contributed by atoms with Crippen LogP contribution >= 0.6 is 24.8 Å². The van der Waals surface area contributed by atoms with Crippen molar-refractivity contribution in [3.8, 4) is 0 Å². The topological polar surface area (TPSA) is 44.8 Å². The van der Waals surface area contributed by atoms with Gasteiger partial charge < -0.3 is 15.0 Å². The van der Waals surface area contributed by atoms with Crippen LogP contribution in [0.2, 0.25) is 0 Å². The molecule has 3 rings (SSSR count). The molecular weight excluding hydrogens is 409 g/mol. The van der Waals surface area contributed by atoms with Crippen molar-refractivity contribution in [3.05, 3.63) is 0 Å². The number of rotatable bonds is 6. The molecule has 5 nitrogen and oxygen atoms in total. The van der Waals surface area contributed by atoms with Crippen molar-refractivity contribution in [2.45, 2.75) is 71.5 Å². The Morgan fingerprint density at radius 1 is 1.10 bits per heavy atom. The summed E-state index contributed by atoms with van der Waals surface area (Å²) in [5, 5.41) is 3.48. The minimum atomic E-state index is 0. The Hall–Kier alpha value is -0.0700. The molecule has 0 aromatic heterocycles. The first-order valence-electron chi connectivity index (χ1n) is 11.4. The normalized spacial score (nSPS) is 30.2. The van der Waals surface area contributed by atoms with E-state index in [1.807, 2.05) is 0 Å². The molecule has 0 saturated carbocycles. The van der Waals surface area contributed by atoms with Crippen molar-refractivity contribution in [1.29, 1.82) is 0 Å². The standard InChI is InChI=1S/C22H41N3O2.2ClH/c1-17(21-5-4-9-23-14-21)13-22(26)25-11-7-20(8-12-25)6-10-24-15-18(2)27-19(3)16-24;;/h17-21,23H,4-16H2,1-3H3;2*1H. The number of piperidine rings is 2. The first-order valence-corrected chi connectivity index (χ1v) is 11.4. The molecule has 0 bridgehead atoms. The van der Waals surface area contributed by atoms with Crippen LogP contribution < -0.4 is 5.32 Å². The number of likely N-dealkylation sites (tertiary alicyclic amines) is 1. The van der Waals surface area contributed by atoms with Gasteiger partial charge in [-0.1, -0.05) is 6.92 Å². The van der Waals surface area contributed by atoms with Gasteiger partial charge in [0.15, 0.2) is 0 Å². The predicted octanol–water partition coefficient (Wildman–Crippen LogP) is 3.59. The molecule has 0 aliphatic carbocycles. The third-order valence-corrected chi connectivity index (χ3v) is 6.95. The number of morpholine rings is 1. The van der Waals surface area contributed by atoms with Crippen molar-refractivity contribution < 1.29 is 9.53 Å². The van der Waals surface area contributed by atoms with Gasteiger partial charge in [0.05, 0.1) is 12.2 Å². The summed E-state index contributed by atoms with van der Waals surface area (Å²) in [7, 11) is 0. The fraction of sp³-hybridized carbons (Fsp3) is 0.955. The van der Waals surface area contributed by atoms with E-state index in [1.54, 1.807) is 0 Å². The Morgan fingerprint density at radius 2 is 1.76 bits per heavy atom. The number of nitrogens with zero attached hydrogens (tertiary/aromatic N) is 2. The molecule has 7 heteroatoms. The summed E-state index contributed by atoms with van der Waals surface area (Å²) >= 11 is 0. The Labute approximate surface area is 190 Å². The number of halogens is 2. The highest BCUT2D eigenvalue weighted by Crippen LogP contribution is 2.26. The Balaban J connectivity index is 0.00000210. The van der Waals surface area contributed by atoms with E-state index in [-0.39, 0.29) is 24.8 Å². The molecule has 3 heterocycles. The van der Waals surface area contributed by atoms with Crippen molar-refractivity contribution in [2.75, 3.05) is 45.8 Å². The lowest BCUT2D eigenvalue weighted by Crippen LogP contribution is -2.46. The summed E-state index contributed by atoms with van der Waals surface area (Å²) in [4.78, 5) is 17.4. The molecule has 3 fully saturated rings. The van der Waals surface area contributed by atoms with Crippen LogP contribution in [0.4, 0.5) is 0 Å². The van der Waals surface area contributed by atoms with Gasteiger partial charge in [-0.2, -0.15) is 0 Å². The number of amides is 1. The molecule has 0 spiro atoms. The van der Waals surface area contributed by atoms with Crippen LogP contribution in [0.15, 0.2) is 0 Å². The molecular formula is C22H43Cl2N3O2. The number of hydrogen-bond donors (Lipinski definition) is 1.